The van der Waals surface area contributed by atoms with Crippen LogP contribution in [0.4, 0.5) is 18.9 Å². The monoisotopic (exact) mass is 538 g/mol. The molecule has 13 heteroatoms. The van der Waals surface area contributed by atoms with E-state index < -0.39 is 35.1 Å². The summed E-state index contributed by atoms with van der Waals surface area (Å²) in [4.78, 5) is 37.9. The quantitative estimate of drug-likeness (QED) is 0.350. The summed E-state index contributed by atoms with van der Waals surface area (Å²) in [5, 5.41) is 11.9. The van der Waals surface area contributed by atoms with E-state index in [4.69, 9.17) is 4.74 Å². The molecular weight excluding hydrogens is 517 g/mol. The van der Waals surface area contributed by atoms with Crippen LogP contribution in [0.25, 0.3) is 38.9 Å². The van der Waals surface area contributed by atoms with Gasteiger partial charge in [-0.3, -0.25) is 14.3 Å². The van der Waals surface area contributed by atoms with Crippen molar-refractivity contribution in [3.63, 3.8) is 0 Å². The molecule has 5 aromatic rings. The second kappa shape index (κ2) is 9.51. The Morgan fingerprint density at radius 3 is 2.44 bits per heavy atom. The number of halogens is 3. The highest BCUT2D eigenvalue weighted by molar-refractivity contribution is 6.04. The Balaban J connectivity index is 1.75. The largest absolute Gasteiger partial charge is 0.481 e. The van der Waals surface area contributed by atoms with Crippen LogP contribution in [-0.4, -0.2) is 48.3 Å². The molecule has 1 unspecified atom stereocenters. The predicted molar refractivity (Wildman–Crippen MR) is 137 cm³/mol. The van der Waals surface area contributed by atoms with Crippen molar-refractivity contribution in [1.29, 1.82) is 0 Å². The number of hydrogen-bond acceptors (Lipinski definition) is 7. The molecule has 0 radical (unpaired) electrons. The second-order valence-electron chi connectivity index (χ2n) is 8.74. The molecule has 39 heavy (non-hydrogen) atoms. The lowest BCUT2D eigenvalue weighted by Gasteiger charge is -2.16. The smallest absolute Gasteiger partial charge is 0.418 e. The van der Waals surface area contributed by atoms with Gasteiger partial charge in [-0.2, -0.15) is 13.2 Å². The van der Waals surface area contributed by atoms with Crippen LogP contribution in [0.15, 0.2) is 59.8 Å². The minimum Gasteiger partial charge on any atom is -0.481 e. The molecule has 1 aromatic carbocycles. The van der Waals surface area contributed by atoms with Crippen molar-refractivity contribution in [1.82, 2.24) is 24.1 Å². The number of aliphatic hydroxyl groups is 1. The molecule has 200 valence electrons. The van der Waals surface area contributed by atoms with Crippen LogP contribution in [0.2, 0.25) is 0 Å². The number of aliphatic hydroxyl groups excluding tert-OH is 1. The molecule has 2 N–H and O–H groups in total. The number of carbonyl (C=O) groups is 1. The molecule has 10 nitrogen and oxygen atoms in total. The standard InChI is InChI=1S/C26H21F3N6O4/c1-13(36)24(37)33-19-11-31-21(9-17(19)26(27,28)29)35-23-16-8-14(15-5-7-22(39-3)32-10-15)4-6-18(16)30-12-20(23)34(2)25(35)38/h4-13,36H,1-3H3,(H,33,37). The molecule has 0 saturated heterocycles. The average Bonchev–Trinajstić information content (AvgIpc) is 3.18. The lowest BCUT2D eigenvalue weighted by molar-refractivity contribution is -0.137. The number of hydrogen-bond donors (Lipinski definition) is 2. The minimum absolute atomic E-state index is 0.303. The number of aromatic nitrogens is 5. The SMILES string of the molecule is COc1ccc(-c2ccc3ncc4c(c3c2)n(-c2cc(C(F)(F)F)c(NC(=O)C(C)O)cn2)c(=O)n4C)cn1. The van der Waals surface area contributed by atoms with E-state index >= 15 is 0 Å². The predicted octanol–water partition coefficient (Wildman–Crippen LogP) is 3.68. The fourth-order valence-electron chi connectivity index (χ4n) is 4.20. The van der Waals surface area contributed by atoms with Crippen LogP contribution in [0.3, 0.4) is 0 Å². The zero-order valence-corrected chi connectivity index (χ0v) is 20.8. The number of alkyl halides is 3. The molecule has 0 bridgehead atoms. The van der Waals surface area contributed by atoms with E-state index in [1.54, 1.807) is 30.5 Å². The number of amides is 1. The normalized spacial score (nSPS) is 12.6. The maximum Gasteiger partial charge on any atom is 0.418 e. The number of aryl methyl sites for hydroxylation is 1. The van der Waals surface area contributed by atoms with E-state index in [2.05, 4.69) is 15.0 Å². The summed E-state index contributed by atoms with van der Waals surface area (Å²) in [5.41, 5.74) is 0.142. The Morgan fingerprint density at radius 1 is 1.05 bits per heavy atom. The first-order valence-electron chi connectivity index (χ1n) is 11.6. The molecule has 4 heterocycles. The van der Waals surface area contributed by atoms with Crippen molar-refractivity contribution in [3.05, 3.63) is 71.0 Å². The van der Waals surface area contributed by atoms with Gasteiger partial charge in [0.1, 0.15) is 11.9 Å². The Hall–Kier alpha value is -4.78. The van der Waals surface area contributed by atoms with Crippen molar-refractivity contribution in [2.75, 3.05) is 12.4 Å². The first-order chi connectivity index (χ1) is 18.5. The number of ether oxygens (including phenoxy) is 1. The van der Waals surface area contributed by atoms with E-state index in [1.165, 1.54) is 24.9 Å². The average molecular weight is 538 g/mol. The summed E-state index contributed by atoms with van der Waals surface area (Å²) in [6, 6.07) is 9.50. The summed E-state index contributed by atoms with van der Waals surface area (Å²) >= 11 is 0. The summed E-state index contributed by atoms with van der Waals surface area (Å²) in [6.45, 7) is 1.12. The van der Waals surface area contributed by atoms with E-state index in [-0.39, 0.29) is 5.82 Å². The second-order valence-corrected chi connectivity index (χ2v) is 8.74. The Labute approximate surface area is 218 Å². The number of nitrogens with one attached hydrogen (secondary N) is 1. The number of pyridine rings is 3. The molecule has 5 rings (SSSR count). The molecular formula is C26H21F3N6O4. The van der Waals surface area contributed by atoms with Crippen LogP contribution in [0, 0.1) is 0 Å². The van der Waals surface area contributed by atoms with E-state index in [9.17, 15) is 27.9 Å². The molecule has 0 fully saturated rings. The van der Waals surface area contributed by atoms with Crippen LogP contribution >= 0.6 is 0 Å². The topological polar surface area (TPSA) is 124 Å². The van der Waals surface area contributed by atoms with Gasteiger partial charge >= 0.3 is 11.9 Å². The van der Waals surface area contributed by atoms with Crippen molar-refractivity contribution in [3.8, 4) is 22.8 Å². The van der Waals surface area contributed by atoms with Gasteiger partial charge in [-0.15, -0.1) is 0 Å². The first-order valence-corrected chi connectivity index (χ1v) is 11.6. The summed E-state index contributed by atoms with van der Waals surface area (Å²) in [7, 11) is 2.98. The number of fused-ring (bicyclic) bond motifs is 3. The molecule has 0 aliphatic carbocycles. The molecule has 1 atom stereocenters. The van der Waals surface area contributed by atoms with E-state index in [0.29, 0.717) is 33.9 Å². The third kappa shape index (κ3) is 4.56. The van der Waals surface area contributed by atoms with Crippen LogP contribution in [0.5, 0.6) is 5.88 Å². The molecule has 0 saturated carbocycles. The van der Waals surface area contributed by atoms with Gasteiger partial charge < -0.3 is 15.2 Å². The Morgan fingerprint density at radius 2 is 1.79 bits per heavy atom. The highest BCUT2D eigenvalue weighted by atomic mass is 19.4. The van der Waals surface area contributed by atoms with Crippen LogP contribution < -0.4 is 15.7 Å². The van der Waals surface area contributed by atoms with Gasteiger partial charge in [0.05, 0.1) is 47.3 Å². The Kier molecular flexibility index (Phi) is 6.30. The summed E-state index contributed by atoms with van der Waals surface area (Å²) in [5.74, 6) is -0.910. The molecule has 1 amide bonds. The summed E-state index contributed by atoms with van der Waals surface area (Å²) < 4.78 is 49.5. The fraction of sp³-hybridized carbons (Fsp3) is 0.192. The number of benzene rings is 1. The van der Waals surface area contributed by atoms with Crippen molar-refractivity contribution >= 4 is 33.5 Å². The first kappa shape index (κ1) is 25.9. The highest BCUT2D eigenvalue weighted by Gasteiger charge is 2.35. The number of anilines is 1. The van der Waals surface area contributed by atoms with Crippen LogP contribution in [0.1, 0.15) is 12.5 Å². The van der Waals surface area contributed by atoms with Gasteiger partial charge in [-0.1, -0.05) is 6.07 Å². The zero-order chi connectivity index (χ0) is 28.1. The Bertz CT molecular complexity index is 1790. The summed E-state index contributed by atoms with van der Waals surface area (Å²) in [6.07, 6.45) is -2.55. The van der Waals surface area contributed by atoms with Gasteiger partial charge in [0.15, 0.2) is 0 Å². The number of nitrogens with zero attached hydrogens (tertiary/aromatic N) is 5. The molecule has 0 aliphatic heterocycles. The number of imidazole rings is 1. The zero-order valence-electron chi connectivity index (χ0n) is 20.8. The number of methoxy groups -OCH3 is 1. The van der Waals surface area contributed by atoms with Gasteiger partial charge in [0.25, 0.3) is 5.91 Å². The minimum atomic E-state index is -4.90. The molecule has 0 aliphatic rings. The van der Waals surface area contributed by atoms with Gasteiger partial charge in [-0.05, 0) is 36.8 Å². The lowest BCUT2D eigenvalue weighted by atomic mass is 10.0. The van der Waals surface area contributed by atoms with Crippen LogP contribution in [-0.2, 0) is 18.0 Å². The number of rotatable bonds is 5. The maximum atomic E-state index is 14.0. The van der Waals surface area contributed by atoms with Gasteiger partial charge in [-0.25, -0.2) is 19.3 Å². The highest BCUT2D eigenvalue weighted by Crippen LogP contribution is 2.36. The van der Waals surface area contributed by atoms with Crippen molar-refractivity contribution in [2.24, 2.45) is 7.05 Å². The van der Waals surface area contributed by atoms with E-state index in [0.717, 1.165) is 28.8 Å². The third-order valence-electron chi connectivity index (χ3n) is 6.22. The van der Waals surface area contributed by atoms with Gasteiger partial charge in [0.2, 0.25) is 5.88 Å². The van der Waals surface area contributed by atoms with Gasteiger partial charge in [0, 0.05) is 30.3 Å². The number of carbonyl (C=O) groups excluding carboxylic acids is 1. The maximum absolute atomic E-state index is 14.0. The fourth-order valence-corrected chi connectivity index (χ4v) is 4.20. The molecule has 0 spiro atoms. The van der Waals surface area contributed by atoms with Crippen molar-refractivity contribution in [2.45, 2.75) is 19.2 Å². The lowest BCUT2D eigenvalue weighted by Crippen LogP contribution is -2.27. The molecule has 4 aromatic heterocycles. The third-order valence-corrected chi connectivity index (χ3v) is 6.22. The van der Waals surface area contributed by atoms with E-state index in [1.807, 2.05) is 11.4 Å². The van der Waals surface area contributed by atoms with Crippen molar-refractivity contribution < 1.29 is 27.8 Å².